The molecular formula is C19H25N7O3S. The SMILES string of the molecule is CS(=O)(=O)N(CCO)[C@H]1CC[C@H](Nc2nccc(-n3nnc4ccccc43)n2)CC1. The standard InChI is InChI=1S/C19H25N7O3S/c1-30(28,29)25(12-13-27)15-8-6-14(7-9-15)21-19-20-11-10-18(22-19)26-17-5-3-2-4-16(17)23-24-26/h2-5,10-11,14-15,27H,6-9,12-13H2,1H3,(H,20,21,22)/t14-,15-. The number of aliphatic hydroxyl groups is 1. The van der Waals surface area contributed by atoms with E-state index >= 15 is 0 Å². The molecule has 2 heterocycles. The van der Waals surface area contributed by atoms with E-state index in [-0.39, 0.29) is 25.2 Å². The summed E-state index contributed by atoms with van der Waals surface area (Å²) in [5.41, 5.74) is 1.66. The van der Waals surface area contributed by atoms with Crippen LogP contribution in [0.1, 0.15) is 25.7 Å². The van der Waals surface area contributed by atoms with Gasteiger partial charge >= 0.3 is 0 Å². The fourth-order valence-electron chi connectivity index (χ4n) is 3.98. The highest BCUT2D eigenvalue weighted by molar-refractivity contribution is 7.88. The summed E-state index contributed by atoms with van der Waals surface area (Å²) in [4.78, 5) is 8.90. The van der Waals surface area contributed by atoms with Gasteiger partial charge in [0.25, 0.3) is 0 Å². The molecular weight excluding hydrogens is 406 g/mol. The third-order valence-electron chi connectivity index (χ3n) is 5.39. The predicted octanol–water partition coefficient (Wildman–Crippen LogP) is 1.19. The second-order valence-electron chi connectivity index (χ2n) is 7.48. The molecule has 10 nitrogen and oxygen atoms in total. The number of sulfonamides is 1. The zero-order valence-electron chi connectivity index (χ0n) is 16.7. The highest BCUT2D eigenvalue weighted by Gasteiger charge is 2.30. The highest BCUT2D eigenvalue weighted by atomic mass is 32.2. The Hall–Kier alpha value is -2.63. The van der Waals surface area contributed by atoms with Gasteiger partial charge < -0.3 is 10.4 Å². The third kappa shape index (κ3) is 4.42. The minimum Gasteiger partial charge on any atom is -0.395 e. The van der Waals surface area contributed by atoms with Crippen molar-refractivity contribution in [1.29, 1.82) is 0 Å². The van der Waals surface area contributed by atoms with E-state index in [0.29, 0.717) is 11.8 Å². The van der Waals surface area contributed by atoms with Crippen LogP contribution in [0.5, 0.6) is 0 Å². The molecule has 0 saturated heterocycles. The molecule has 0 atom stereocenters. The van der Waals surface area contributed by atoms with Crippen LogP contribution < -0.4 is 5.32 Å². The first-order chi connectivity index (χ1) is 14.5. The van der Waals surface area contributed by atoms with Crippen LogP contribution in [-0.4, -0.2) is 74.3 Å². The normalized spacial score (nSPS) is 20.0. The molecule has 0 unspecified atom stereocenters. The number of benzene rings is 1. The van der Waals surface area contributed by atoms with E-state index in [4.69, 9.17) is 0 Å². The number of aliphatic hydroxyl groups excluding tert-OH is 1. The summed E-state index contributed by atoms with van der Waals surface area (Å²) in [6.45, 7) is -0.0402. The van der Waals surface area contributed by atoms with Crippen LogP contribution in [0.2, 0.25) is 0 Å². The van der Waals surface area contributed by atoms with Gasteiger partial charge in [-0.05, 0) is 37.8 Å². The lowest BCUT2D eigenvalue weighted by Gasteiger charge is -2.35. The Morgan fingerprint density at radius 2 is 1.97 bits per heavy atom. The van der Waals surface area contributed by atoms with Crippen molar-refractivity contribution >= 4 is 27.0 Å². The zero-order valence-corrected chi connectivity index (χ0v) is 17.5. The zero-order chi connectivity index (χ0) is 21.1. The van der Waals surface area contributed by atoms with E-state index < -0.39 is 10.0 Å². The van der Waals surface area contributed by atoms with Gasteiger partial charge in [0.05, 0.1) is 18.4 Å². The van der Waals surface area contributed by atoms with Gasteiger partial charge in [-0.3, -0.25) is 0 Å². The maximum atomic E-state index is 12.0. The van der Waals surface area contributed by atoms with Crippen molar-refractivity contribution in [2.24, 2.45) is 0 Å². The summed E-state index contributed by atoms with van der Waals surface area (Å²) in [6.07, 6.45) is 5.90. The Labute approximate surface area is 175 Å². The molecule has 11 heteroatoms. The van der Waals surface area contributed by atoms with Crippen molar-refractivity contribution in [1.82, 2.24) is 29.3 Å². The Kier molecular flexibility index (Phi) is 5.93. The van der Waals surface area contributed by atoms with Gasteiger partial charge in [-0.15, -0.1) is 5.10 Å². The molecule has 1 fully saturated rings. The lowest BCUT2D eigenvalue weighted by molar-refractivity contribution is 0.196. The van der Waals surface area contributed by atoms with Crippen LogP contribution in [0, 0.1) is 0 Å². The average Bonchev–Trinajstić information content (AvgIpc) is 3.16. The molecule has 4 rings (SSSR count). The Morgan fingerprint density at radius 1 is 1.20 bits per heavy atom. The topological polar surface area (TPSA) is 126 Å². The smallest absolute Gasteiger partial charge is 0.224 e. The second kappa shape index (κ2) is 8.62. The maximum absolute atomic E-state index is 12.0. The van der Waals surface area contributed by atoms with Gasteiger partial charge in [0, 0.05) is 30.9 Å². The summed E-state index contributed by atoms with van der Waals surface area (Å²) in [5.74, 6) is 1.13. The summed E-state index contributed by atoms with van der Waals surface area (Å²) in [7, 11) is -3.34. The summed E-state index contributed by atoms with van der Waals surface area (Å²) >= 11 is 0. The first kappa shape index (κ1) is 20.6. The maximum Gasteiger partial charge on any atom is 0.224 e. The van der Waals surface area contributed by atoms with E-state index in [1.165, 1.54) is 10.6 Å². The van der Waals surface area contributed by atoms with E-state index in [1.54, 1.807) is 16.9 Å². The van der Waals surface area contributed by atoms with E-state index in [2.05, 4.69) is 25.6 Å². The first-order valence-corrected chi connectivity index (χ1v) is 11.8. The number of rotatable bonds is 7. The van der Waals surface area contributed by atoms with Crippen molar-refractivity contribution in [2.45, 2.75) is 37.8 Å². The van der Waals surface area contributed by atoms with E-state index in [9.17, 15) is 13.5 Å². The molecule has 2 aromatic heterocycles. The van der Waals surface area contributed by atoms with Crippen molar-refractivity contribution < 1.29 is 13.5 Å². The molecule has 30 heavy (non-hydrogen) atoms. The van der Waals surface area contributed by atoms with E-state index in [0.717, 1.165) is 36.7 Å². The number of fused-ring (bicyclic) bond motifs is 1. The quantitative estimate of drug-likeness (QED) is 0.571. The van der Waals surface area contributed by atoms with Gasteiger partial charge in [-0.2, -0.15) is 14.0 Å². The molecule has 0 aliphatic heterocycles. The average molecular weight is 432 g/mol. The molecule has 1 aliphatic rings. The van der Waals surface area contributed by atoms with Crippen LogP contribution in [0.3, 0.4) is 0 Å². The van der Waals surface area contributed by atoms with Gasteiger partial charge in [0.1, 0.15) is 5.52 Å². The number of hydrogen-bond donors (Lipinski definition) is 2. The molecule has 0 spiro atoms. The van der Waals surface area contributed by atoms with E-state index in [1.807, 2.05) is 24.3 Å². The van der Waals surface area contributed by atoms with Crippen LogP contribution in [-0.2, 0) is 10.0 Å². The Morgan fingerprint density at radius 3 is 2.70 bits per heavy atom. The van der Waals surface area contributed by atoms with Gasteiger partial charge in [-0.25, -0.2) is 13.4 Å². The second-order valence-corrected chi connectivity index (χ2v) is 9.41. The molecule has 3 aromatic rings. The predicted molar refractivity (Wildman–Crippen MR) is 113 cm³/mol. The number of para-hydroxylation sites is 1. The number of nitrogens with one attached hydrogen (secondary N) is 1. The van der Waals surface area contributed by atoms with Crippen molar-refractivity contribution in [2.75, 3.05) is 24.7 Å². The van der Waals surface area contributed by atoms with Gasteiger partial charge in [0.15, 0.2) is 5.82 Å². The molecule has 1 saturated carbocycles. The first-order valence-electron chi connectivity index (χ1n) is 9.94. The number of hydrogen-bond acceptors (Lipinski definition) is 8. The summed E-state index contributed by atoms with van der Waals surface area (Å²) < 4.78 is 27.1. The lowest BCUT2D eigenvalue weighted by Crippen LogP contribution is -2.44. The number of aromatic nitrogens is 5. The number of nitrogens with zero attached hydrogens (tertiary/aromatic N) is 6. The third-order valence-corrected chi connectivity index (χ3v) is 6.73. The van der Waals surface area contributed by atoms with Crippen LogP contribution in [0.15, 0.2) is 36.5 Å². The molecule has 0 amide bonds. The molecule has 2 N–H and O–H groups in total. The van der Waals surface area contributed by atoms with Crippen molar-refractivity contribution in [3.63, 3.8) is 0 Å². The van der Waals surface area contributed by atoms with Crippen LogP contribution >= 0.6 is 0 Å². The summed E-state index contributed by atoms with van der Waals surface area (Å²) in [5, 5.41) is 20.9. The molecule has 1 aromatic carbocycles. The minimum absolute atomic E-state index is 0.0843. The van der Waals surface area contributed by atoms with Gasteiger partial charge in [-0.1, -0.05) is 17.3 Å². The Balaban J connectivity index is 1.43. The molecule has 1 aliphatic carbocycles. The number of anilines is 1. The van der Waals surface area contributed by atoms with Crippen LogP contribution in [0.4, 0.5) is 5.95 Å². The molecule has 0 bridgehead atoms. The lowest BCUT2D eigenvalue weighted by atomic mass is 9.91. The fraction of sp³-hybridized carbons (Fsp3) is 0.474. The highest BCUT2D eigenvalue weighted by Crippen LogP contribution is 2.26. The minimum atomic E-state index is -3.34. The molecule has 0 radical (unpaired) electrons. The molecule has 160 valence electrons. The Bertz CT molecular complexity index is 1110. The van der Waals surface area contributed by atoms with Crippen molar-refractivity contribution in [3.05, 3.63) is 36.5 Å². The monoisotopic (exact) mass is 431 g/mol. The van der Waals surface area contributed by atoms with Gasteiger partial charge in [0.2, 0.25) is 16.0 Å². The van der Waals surface area contributed by atoms with Crippen LogP contribution in [0.25, 0.3) is 16.9 Å². The fourth-order valence-corrected chi connectivity index (χ4v) is 5.15. The largest absolute Gasteiger partial charge is 0.395 e. The summed E-state index contributed by atoms with van der Waals surface area (Å²) in [6, 6.07) is 9.52. The van der Waals surface area contributed by atoms with Crippen molar-refractivity contribution in [3.8, 4) is 5.82 Å².